The molecular formula is C11H21BrN2. The lowest BCUT2D eigenvalue weighted by molar-refractivity contribution is -0.683. The van der Waals surface area contributed by atoms with Crippen LogP contribution in [0.2, 0.25) is 0 Å². The summed E-state index contributed by atoms with van der Waals surface area (Å²) in [5.41, 5.74) is 2.79. The molecule has 14 heavy (non-hydrogen) atoms. The number of unbranched alkanes of at least 4 members (excludes halogenated alkanes) is 1. The van der Waals surface area contributed by atoms with Crippen LogP contribution in [0.15, 0.2) is 0 Å². The Labute approximate surface area is 97.7 Å². The molecule has 0 fully saturated rings. The van der Waals surface area contributed by atoms with E-state index in [9.17, 15) is 0 Å². The molecule has 0 radical (unpaired) electrons. The maximum absolute atomic E-state index is 2.42. The minimum absolute atomic E-state index is 0. The van der Waals surface area contributed by atoms with Gasteiger partial charge in [0.1, 0.15) is 11.4 Å². The van der Waals surface area contributed by atoms with Crippen molar-refractivity contribution in [2.75, 3.05) is 0 Å². The van der Waals surface area contributed by atoms with Crippen LogP contribution in [-0.2, 0) is 13.6 Å². The molecule has 1 heterocycles. The van der Waals surface area contributed by atoms with Crippen molar-refractivity contribution in [3.63, 3.8) is 0 Å². The van der Waals surface area contributed by atoms with Crippen molar-refractivity contribution < 1.29 is 21.5 Å². The zero-order chi connectivity index (χ0) is 10.0. The highest BCUT2D eigenvalue weighted by molar-refractivity contribution is 5.06. The monoisotopic (exact) mass is 260 g/mol. The summed E-state index contributed by atoms with van der Waals surface area (Å²) in [6.45, 7) is 9.98. The molecule has 82 valence electrons. The van der Waals surface area contributed by atoms with Crippen molar-refractivity contribution in [3.05, 3.63) is 17.2 Å². The molecule has 0 aliphatic carbocycles. The van der Waals surface area contributed by atoms with Gasteiger partial charge < -0.3 is 17.0 Å². The van der Waals surface area contributed by atoms with E-state index in [1.165, 1.54) is 30.1 Å². The highest BCUT2D eigenvalue weighted by atomic mass is 79.9. The van der Waals surface area contributed by atoms with Gasteiger partial charge in [-0.3, -0.25) is 0 Å². The van der Waals surface area contributed by atoms with Gasteiger partial charge in [0, 0.05) is 20.8 Å². The molecule has 0 atom stereocenters. The third-order valence-corrected chi connectivity index (χ3v) is 3.04. The quantitative estimate of drug-likeness (QED) is 0.620. The van der Waals surface area contributed by atoms with E-state index in [1.807, 2.05) is 0 Å². The van der Waals surface area contributed by atoms with Crippen LogP contribution < -0.4 is 21.5 Å². The zero-order valence-electron chi connectivity index (χ0n) is 9.89. The minimum atomic E-state index is 0. The first-order chi connectivity index (χ1) is 6.09. The number of imidazole rings is 1. The number of aromatic nitrogens is 2. The van der Waals surface area contributed by atoms with E-state index in [-0.39, 0.29) is 17.0 Å². The van der Waals surface area contributed by atoms with Crippen molar-refractivity contribution in [2.45, 2.75) is 47.1 Å². The summed E-state index contributed by atoms with van der Waals surface area (Å²) in [6, 6.07) is 0. The Kier molecular flexibility index (Phi) is 5.42. The summed E-state index contributed by atoms with van der Waals surface area (Å²) in [5, 5.41) is 0. The molecule has 3 heteroatoms. The van der Waals surface area contributed by atoms with Crippen LogP contribution in [0.25, 0.3) is 0 Å². The molecule has 0 saturated heterocycles. The van der Waals surface area contributed by atoms with Crippen LogP contribution in [0.5, 0.6) is 0 Å². The summed E-state index contributed by atoms with van der Waals surface area (Å²) in [6.07, 6.45) is 2.54. The smallest absolute Gasteiger partial charge is 0.253 e. The molecule has 0 unspecified atom stereocenters. The molecule has 1 rings (SSSR count). The summed E-state index contributed by atoms with van der Waals surface area (Å²) in [4.78, 5) is 0. The van der Waals surface area contributed by atoms with Gasteiger partial charge in [0.15, 0.2) is 0 Å². The summed E-state index contributed by atoms with van der Waals surface area (Å²) >= 11 is 0. The topological polar surface area (TPSA) is 8.81 Å². The number of hydrogen-bond donors (Lipinski definition) is 0. The Morgan fingerprint density at radius 1 is 1.21 bits per heavy atom. The normalized spacial score (nSPS) is 10.1. The minimum Gasteiger partial charge on any atom is -1.00 e. The fraction of sp³-hybridized carbons (Fsp3) is 0.727. The molecule has 2 nitrogen and oxygen atoms in total. The molecule has 0 N–H and O–H groups in total. The maximum Gasteiger partial charge on any atom is 0.253 e. The Morgan fingerprint density at radius 2 is 1.79 bits per heavy atom. The molecule has 0 saturated carbocycles. The molecule has 0 spiro atoms. The summed E-state index contributed by atoms with van der Waals surface area (Å²) < 4.78 is 4.68. The van der Waals surface area contributed by atoms with Gasteiger partial charge in [-0.15, -0.1) is 0 Å². The predicted octanol–water partition coefficient (Wildman–Crippen LogP) is -0.958. The second-order valence-corrected chi connectivity index (χ2v) is 3.78. The molecule has 0 aliphatic rings. The standard InChI is InChI=1S/C11H21N2.BrH/c1-6-7-8-13-10(3)9(2)12(5)11(13)4;/h6-8H2,1-5H3;1H/q+1;/p-1. The Balaban J connectivity index is 0.00000169. The van der Waals surface area contributed by atoms with Crippen molar-refractivity contribution in [3.8, 4) is 0 Å². The molecule has 1 aromatic heterocycles. The van der Waals surface area contributed by atoms with Crippen LogP contribution in [0.4, 0.5) is 0 Å². The van der Waals surface area contributed by atoms with Gasteiger partial charge in [0.2, 0.25) is 0 Å². The van der Waals surface area contributed by atoms with Gasteiger partial charge in [-0.2, -0.15) is 0 Å². The second-order valence-electron chi connectivity index (χ2n) is 3.78. The van der Waals surface area contributed by atoms with E-state index in [0.29, 0.717) is 0 Å². The third-order valence-electron chi connectivity index (χ3n) is 3.04. The van der Waals surface area contributed by atoms with E-state index in [4.69, 9.17) is 0 Å². The first-order valence-electron chi connectivity index (χ1n) is 5.11. The lowest BCUT2D eigenvalue weighted by Crippen LogP contribution is -3.00. The average molecular weight is 261 g/mol. The molecule has 1 aromatic rings. The van der Waals surface area contributed by atoms with Gasteiger partial charge in [-0.1, -0.05) is 13.3 Å². The highest BCUT2D eigenvalue weighted by Gasteiger charge is 2.18. The number of rotatable bonds is 3. The van der Waals surface area contributed by atoms with Crippen LogP contribution in [0, 0.1) is 20.8 Å². The van der Waals surface area contributed by atoms with Crippen LogP contribution in [0.1, 0.15) is 37.0 Å². The average Bonchev–Trinajstić information content (AvgIpc) is 2.30. The Hall–Kier alpha value is -0.310. The van der Waals surface area contributed by atoms with Crippen molar-refractivity contribution in [1.29, 1.82) is 0 Å². The molecule has 0 aromatic carbocycles. The van der Waals surface area contributed by atoms with E-state index in [0.717, 1.165) is 6.54 Å². The van der Waals surface area contributed by atoms with Gasteiger partial charge >= 0.3 is 0 Å². The summed E-state index contributed by atoms with van der Waals surface area (Å²) in [5.74, 6) is 1.36. The first kappa shape index (κ1) is 13.7. The molecule has 0 aliphatic heterocycles. The number of hydrogen-bond acceptors (Lipinski definition) is 0. The van der Waals surface area contributed by atoms with E-state index >= 15 is 0 Å². The van der Waals surface area contributed by atoms with Gasteiger partial charge in [-0.05, 0) is 6.42 Å². The second kappa shape index (κ2) is 5.54. The van der Waals surface area contributed by atoms with Crippen LogP contribution in [0.3, 0.4) is 0 Å². The lowest BCUT2D eigenvalue weighted by atomic mass is 10.3. The maximum atomic E-state index is 2.42. The third kappa shape index (κ3) is 2.38. The van der Waals surface area contributed by atoms with E-state index in [1.54, 1.807) is 0 Å². The largest absolute Gasteiger partial charge is 1.00 e. The molecule has 0 amide bonds. The fourth-order valence-corrected chi connectivity index (χ4v) is 1.75. The molecular weight excluding hydrogens is 240 g/mol. The fourth-order valence-electron chi connectivity index (χ4n) is 1.75. The van der Waals surface area contributed by atoms with Gasteiger partial charge in [0.05, 0.1) is 13.6 Å². The van der Waals surface area contributed by atoms with Gasteiger partial charge in [0.25, 0.3) is 5.82 Å². The van der Waals surface area contributed by atoms with Gasteiger partial charge in [-0.25, -0.2) is 9.13 Å². The van der Waals surface area contributed by atoms with Crippen LogP contribution in [-0.4, -0.2) is 4.57 Å². The van der Waals surface area contributed by atoms with Crippen molar-refractivity contribution in [1.82, 2.24) is 4.57 Å². The summed E-state index contributed by atoms with van der Waals surface area (Å²) in [7, 11) is 2.14. The Morgan fingerprint density at radius 3 is 2.14 bits per heavy atom. The van der Waals surface area contributed by atoms with Crippen LogP contribution >= 0.6 is 0 Å². The first-order valence-corrected chi connectivity index (χ1v) is 5.11. The Bertz CT molecular complexity index is 277. The van der Waals surface area contributed by atoms with E-state index < -0.39 is 0 Å². The van der Waals surface area contributed by atoms with Crippen molar-refractivity contribution in [2.24, 2.45) is 7.05 Å². The van der Waals surface area contributed by atoms with Crippen molar-refractivity contribution >= 4 is 0 Å². The molecule has 0 bridgehead atoms. The highest BCUT2D eigenvalue weighted by Crippen LogP contribution is 2.08. The SMILES string of the molecule is CCCCn1c(C)c(C)[n+](C)c1C.[Br-]. The zero-order valence-corrected chi connectivity index (χ0v) is 11.5. The number of nitrogens with zero attached hydrogens (tertiary/aromatic N) is 2. The predicted molar refractivity (Wildman–Crippen MR) is 54.7 cm³/mol. The number of halogens is 1. The van der Waals surface area contributed by atoms with E-state index in [2.05, 4.69) is 43.9 Å². The lowest BCUT2D eigenvalue weighted by Gasteiger charge is -1.98.